The predicted octanol–water partition coefficient (Wildman–Crippen LogP) is 1.57. The summed E-state index contributed by atoms with van der Waals surface area (Å²) in [6.07, 6.45) is 0.158. The Hall–Kier alpha value is -2.98. The maximum Gasteiger partial charge on any atom is 0.305 e. The molecule has 0 aromatic heterocycles. The molecule has 36 heavy (non-hydrogen) atoms. The predicted molar refractivity (Wildman–Crippen MR) is 132 cm³/mol. The molecule has 2 aromatic rings. The van der Waals surface area contributed by atoms with Crippen LogP contribution in [0.15, 0.2) is 48.5 Å². The van der Waals surface area contributed by atoms with Crippen LogP contribution in [0, 0.1) is 0 Å². The third-order valence-electron chi connectivity index (χ3n) is 5.93. The van der Waals surface area contributed by atoms with Gasteiger partial charge in [0.15, 0.2) is 6.10 Å². The fraction of sp³-hybridized carbons (Fsp3) is 0.423. The molecule has 1 heterocycles. The molecule has 0 saturated carbocycles. The van der Waals surface area contributed by atoms with E-state index in [2.05, 4.69) is 10.6 Å². The Morgan fingerprint density at radius 1 is 1.08 bits per heavy atom. The molecule has 0 bridgehead atoms. The third kappa shape index (κ3) is 8.03. The standard InChI is InChI=1S/C26H31ClN2O7/c1-34-23(31)11-8-18-4-2-3-5-19(18)14-22-24(36-16-35-22)26(33)29-21(15-30)25(32)28-13-12-17-6-9-20(27)10-7-17/h2-7,9-10,21-22,24,30H,8,11-16H2,1H3,(H,28,32)(H,29,33)/t21?,22-,24-/m0/s1. The number of methoxy groups -OCH3 is 1. The van der Waals surface area contributed by atoms with Crippen molar-refractivity contribution >= 4 is 29.4 Å². The second kappa shape index (κ2) is 13.9. The Bertz CT molecular complexity index is 1030. The molecule has 2 aromatic carbocycles. The van der Waals surface area contributed by atoms with E-state index in [0.29, 0.717) is 30.8 Å². The molecule has 10 heteroatoms. The van der Waals surface area contributed by atoms with Crippen LogP contribution >= 0.6 is 11.6 Å². The molecule has 3 atom stereocenters. The average molecular weight is 519 g/mol. The minimum Gasteiger partial charge on any atom is -0.469 e. The van der Waals surface area contributed by atoms with Crippen molar-refractivity contribution in [3.8, 4) is 0 Å². The van der Waals surface area contributed by atoms with Crippen LogP contribution in [0.25, 0.3) is 0 Å². The van der Waals surface area contributed by atoms with Crippen molar-refractivity contribution in [3.63, 3.8) is 0 Å². The number of ether oxygens (including phenoxy) is 3. The van der Waals surface area contributed by atoms with Gasteiger partial charge in [0.25, 0.3) is 5.91 Å². The van der Waals surface area contributed by atoms with E-state index < -0.39 is 36.7 Å². The first kappa shape index (κ1) is 27.6. The molecule has 0 aliphatic carbocycles. The molecule has 194 valence electrons. The summed E-state index contributed by atoms with van der Waals surface area (Å²) in [4.78, 5) is 37.0. The highest BCUT2D eigenvalue weighted by Gasteiger charge is 2.37. The highest BCUT2D eigenvalue weighted by Crippen LogP contribution is 2.21. The Balaban J connectivity index is 1.54. The number of hydrogen-bond donors (Lipinski definition) is 3. The first-order valence-corrected chi connectivity index (χ1v) is 12.1. The van der Waals surface area contributed by atoms with Gasteiger partial charge in [0, 0.05) is 24.4 Å². The molecule has 0 spiro atoms. The van der Waals surface area contributed by atoms with Gasteiger partial charge in [-0.05, 0) is 41.7 Å². The number of nitrogens with one attached hydrogen (secondary N) is 2. The van der Waals surface area contributed by atoms with E-state index >= 15 is 0 Å². The Morgan fingerprint density at radius 2 is 1.81 bits per heavy atom. The first-order valence-electron chi connectivity index (χ1n) is 11.7. The van der Waals surface area contributed by atoms with E-state index in [1.54, 1.807) is 12.1 Å². The van der Waals surface area contributed by atoms with Crippen molar-refractivity contribution in [2.45, 2.75) is 43.9 Å². The quantitative estimate of drug-likeness (QED) is 0.364. The normalized spacial score (nSPS) is 17.9. The number of esters is 1. The van der Waals surface area contributed by atoms with Gasteiger partial charge in [-0.25, -0.2) is 0 Å². The minimum atomic E-state index is -1.13. The van der Waals surface area contributed by atoms with Crippen LogP contribution in [0.2, 0.25) is 5.02 Å². The number of carbonyl (C=O) groups excluding carboxylic acids is 3. The molecule has 3 N–H and O–H groups in total. The van der Waals surface area contributed by atoms with Crippen molar-refractivity contribution < 1.29 is 33.7 Å². The Morgan fingerprint density at radius 3 is 2.50 bits per heavy atom. The number of halogens is 1. The smallest absolute Gasteiger partial charge is 0.305 e. The molecule has 0 radical (unpaired) electrons. The van der Waals surface area contributed by atoms with Gasteiger partial charge >= 0.3 is 5.97 Å². The molecule has 1 unspecified atom stereocenters. The Labute approximate surface area is 215 Å². The van der Waals surface area contributed by atoms with E-state index in [1.165, 1.54) is 7.11 Å². The van der Waals surface area contributed by atoms with Crippen molar-refractivity contribution in [2.24, 2.45) is 0 Å². The summed E-state index contributed by atoms with van der Waals surface area (Å²) in [7, 11) is 1.35. The lowest BCUT2D eigenvalue weighted by molar-refractivity contribution is -0.140. The van der Waals surface area contributed by atoms with Gasteiger partial charge in [0.1, 0.15) is 12.8 Å². The van der Waals surface area contributed by atoms with Crippen molar-refractivity contribution in [1.29, 1.82) is 0 Å². The minimum absolute atomic E-state index is 0.0653. The Kier molecular flexibility index (Phi) is 10.7. The van der Waals surface area contributed by atoms with Gasteiger partial charge in [-0.15, -0.1) is 0 Å². The monoisotopic (exact) mass is 518 g/mol. The second-order valence-electron chi connectivity index (χ2n) is 8.37. The highest BCUT2D eigenvalue weighted by atomic mass is 35.5. The molecule has 1 aliphatic rings. The largest absolute Gasteiger partial charge is 0.469 e. The first-order chi connectivity index (χ1) is 17.4. The molecule has 1 fully saturated rings. The van der Waals surface area contributed by atoms with Crippen LogP contribution in [-0.2, 0) is 47.9 Å². The summed E-state index contributed by atoms with van der Waals surface area (Å²) >= 11 is 5.88. The van der Waals surface area contributed by atoms with Gasteiger partial charge in [-0.1, -0.05) is 48.0 Å². The zero-order valence-electron chi connectivity index (χ0n) is 20.1. The molecular formula is C26H31ClN2O7. The number of carbonyl (C=O) groups is 3. The summed E-state index contributed by atoms with van der Waals surface area (Å²) in [5.41, 5.74) is 2.87. The number of hydrogen-bond acceptors (Lipinski definition) is 7. The van der Waals surface area contributed by atoms with Gasteiger partial charge in [-0.2, -0.15) is 0 Å². The molecular weight excluding hydrogens is 488 g/mol. The van der Waals surface area contributed by atoms with E-state index in [9.17, 15) is 19.5 Å². The van der Waals surface area contributed by atoms with Crippen molar-refractivity contribution in [3.05, 3.63) is 70.2 Å². The molecule has 2 amide bonds. The topological polar surface area (TPSA) is 123 Å². The fourth-order valence-corrected chi connectivity index (χ4v) is 4.04. The lowest BCUT2D eigenvalue weighted by Crippen LogP contribution is -2.53. The maximum atomic E-state index is 12.9. The lowest BCUT2D eigenvalue weighted by Gasteiger charge is -2.21. The van der Waals surface area contributed by atoms with Crippen molar-refractivity contribution in [2.75, 3.05) is 27.1 Å². The lowest BCUT2D eigenvalue weighted by atomic mass is 9.96. The van der Waals surface area contributed by atoms with E-state index in [1.807, 2.05) is 36.4 Å². The second-order valence-corrected chi connectivity index (χ2v) is 8.81. The summed E-state index contributed by atoms with van der Waals surface area (Å²) in [6.45, 7) is -0.294. The zero-order valence-corrected chi connectivity index (χ0v) is 20.8. The fourth-order valence-electron chi connectivity index (χ4n) is 3.91. The van der Waals surface area contributed by atoms with Crippen LogP contribution in [0.1, 0.15) is 23.1 Å². The van der Waals surface area contributed by atoms with E-state index in [4.69, 9.17) is 25.8 Å². The van der Waals surface area contributed by atoms with Crippen LogP contribution in [-0.4, -0.2) is 68.2 Å². The van der Waals surface area contributed by atoms with Gasteiger partial charge in [0.05, 0.1) is 19.8 Å². The van der Waals surface area contributed by atoms with Gasteiger partial charge in [0.2, 0.25) is 5.91 Å². The van der Waals surface area contributed by atoms with Gasteiger partial charge in [-0.3, -0.25) is 14.4 Å². The molecule has 9 nitrogen and oxygen atoms in total. The van der Waals surface area contributed by atoms with Crippen LogP contribution in [0.3, 0.4) is 0 Å². The molecule has 3 rings (SSSR count). The van der Waals surface area contributed by atoms with Crippen LogP contribution < -0.4 is 10.6 Å². The van der Waals surface area contributed by atoms with Gasteiger partial charge < -0.3 is 30.0 Å². The summed E-state index contributed by atoms with van der Waals surface area (Å²) in [5.74, 6) is -1.34. The summed E-state index contributed by atoms with van der Waals surface area (Å²) in [5, 5.41) is 15.6. The maximum absolute atomic E-state index is 12.9. The van der Waals surface area contributed by atoms with E-state index in [0.717, 1.165) is 16.7 Å². The number of aliphatic hydroxyl groups is 1. The number of amides is 2. The van der Waals surface area contributed by atoms with Crippen molar-refractivity contribution in [1.82, 2.24) is 10.6 Å². The van der Waals surface area contributed by atoms with Crippen LogP contribution in [0.4, 0.5) is 0 Å². The zero-order chi connectivity index (χ0) is 25.9. The highest BCUT2D eigenvalue weighted by molar-refractivity contribution is 6.30. The number of rotatable bonds is 12. The SMILES string of the molecule is COC(=O)CCc1ccccc1C[C@@H]1OCO[C@@H]1C(=O)NC(CO)C(=O)NCCc1ccc(Cl)cc1. The van der Waals surface area contributed by atoms with Crippen LogP contribution in [0.5, 0.6) is 0 Å². The number of aliphatic hydroxyl groups excluding tert-OH is 1. The number of benzene rings is 2. The molecule has 1 aliphatic heterocycles. The number of aryl methyl sites for hydroxylation is 1. The summed E-state index contributed by atoms with van der Waals surface area (Å²) in [6, 6.07) is 13.7. The summed E-state index contributed by atoms with van der Waals surface area (Å²) < 4.78 is 15.9. The van der Waals surface area contributed by atoms with E-state index in [-0.39, 0.29) is 19.2 Å². The average Bonchev–Trinajstić information content (AvgIpc) is 3.35. The molecule has 1 saturated heterocycles. The third-order valence-corrected chi connectivity index (χ3v) is 6.19.